The molecule has 0 fully saturated rings. The molecule has 1 heterocycles. The molecule has 0 atom stereocenters. The smallest absolute Gasteiger partial charge is 0.248 e. The summed E-state index contributed by atoms with van der Waals surface area (Å²) in [6.45, 7) is 1.84. The Kier molecular flexibility index (Phi) is 5.12. The van der Waals surface area contributed by atoms with Gasteiger partial charge in [-0.2, -0.15) is 0 Å². The van der Waals surface area contributed by atoms with Gasteiger partial charge in [-0.15, -0.1) is 0 Å². The normalized spacial score (nSPS) is 10.7. The van der Waals surface area contributed by atoms with Crippen LogP contribution in [0, 0.1) is 6.92 Å². The van der Waals surface area contributed by atoms with Crippen molar-refractivity contribution in [2.24, 2.45) is 0 Å². The van der Waals surface area contributed by atoms with E-state index in [1.807, 2.05) is 13.0 Å². The highest BCUT2D eigenvalue weighted by Crippen LogP contribution is 2.35. The number of carbonyl (C=O) groups excluding carboxylic acids is 1. The van der Waals surface area contributed by atoms with Gasteiger partial charge in [-0.3, -0.25) is 4.79 Å². The number of methoxy groups -OCH3 is 2. The summed E-state index contributed by atoms with van der Waals surface area (Å²) in [6, 6.07) is 6.79. The average molecular weight is 322 g/mol. The fourth-order valence-corrected chi connectivity index (χ4v) is 2.06. The van der Waals surface area contributed by atoms with Crippen LogP contribution in [0.25, 0.3) is 6.08 Å². The van der Waals surface area contributed by atoms with Crippen LogP contribution in [0.5, 0.6) is 11.5 Å². The molecule has 5 nitrogen and oxygen atoms in total. The van der Waals surface area contributed by atoms with Gasteiger partial charge in [-0.25, -0.2) is 0 Å². The van der Waals surface area contributed by atoms with Crippen LogP contribution >= 0.6 is 11.6 Å². The molecule has 2 rings (SSSR count). The van der Waals surface area contributed by atoms with Gasteiger partial charge < -0.3 is 19.2 Å². The zero-order chi connectivity index (χ0) is 16.1. The lowest BCUT2D eigenvalue weighted by Crippen LogP contribution is -2.09. The molecule has 1 amide bonds. The highest BCUT2D eigenvalue weighted by atomic mass is 35.5. The SMILES string of the molecule is COc1cc(NC(=O)/C=C\c2ccc(C)o2)c(OC)cc1Cl. The fraction of sp³-hybridized carbons (Fsp3) is 0.188. The van der Waals surface area contributed by atoms with Gasteiger partial charge in [-0.05, 0) is 25.1 Å². The van der Waals surface area contributed by atoms with Crippen molar-refractivity contribution in [1.29, 1.82) is 0 Å². The molecule has 116 valence electrons. The summed E-state index contributed by atoms with van der Waals surface area (Å²) in [5.41, 5.74) is 0.467. The first-order valence-corrected chi connectivity index (χ1v) is 6.88. The third kappa shape index (κ3) is 3.83. The second-order valence-electron chi connectivity index (χ2n) is 4.46. The first-order chi connectivity index (χ1) is 10.5. The van der Waals surface area contributed by atoms with Gasteiger partial charge >= 0.3 is 0 Å². The summed E-state index contributed by atoms with van der Waals surface area (Å²) in [7, 11) is 2.99. The predicted molar refractivity (Wildman–Crippen MR) is 85.7 cm³/mol. The minimum absolute atomic E-state index is 0.322. The summed E-state index contributed by atoms with van der Waals surface area (Å²) in [5, 5.41) is 3.11. The lowest BCUT2D eigenvalue weighted by molar-refractivity contribution is -0.111. The lowest BCUT2D eigenvalue weighted by atomic mass is 10.2. The van der Waals surface area contributed by atoms with Crippen molar-refractivity contribution in [1.82, 2.24) is 0 Å². The van der Waals surface area contributed by atoms with Crippen LogP contribution in [0.15, 0.2) is 34.8 Å². The number of carbonyl (C=O) groups is 1. The number of furan rings is 1. The molecule has 1 aromatic carbocycles. The summed E-state index contributed by atoms with van der Waals surface area (Å²) >= 11 is 6.02. The molecular formula is C16H16ClNO4. The Labute approximate surface area is 133 Å². The zero-order valence-electron chi connectivity index (χ0n) is 12.5. The molecule has 0 aliphatic rings. The zero-order valence-corrected chi connectivity index (χ0v) is 13.2. The van der Waals surface area contributed by atoms with E-state index < -0.39 is 0 Å². The van der Waals surface area contributed by atoms with Gasteiger partial charge in [-0.1, -0.05) is 11.6 Å². The van der Waals surface area contributed by atoms with E-state index in [0.717, 1.165) is 5.76 Å². The van der Waals surface area contributed by atoms with E-state index in [-0.39, 0.29) is 5.91 Å². The van der Waals surface area contributed by atoms with Crippen LogP contribution in [-0.2, 0) is 4.79 Å². The van der Waals surface area contributed by atoms with Crippen molar-refractivity contribution in [3.63, 3.8) is 0 Å². The Balaban J connectivity index is 2.15. The first kappa shape index (κ1) is 16.0. The number of ether oxygens (including phenoxy) is 2. The van der Waals surface area contributed by atoms with Gasteiger partial charge in [0.25, 0.3) is 0 Å². The molecule has 1 aromatic heterocycles. The van der Waals surface area contributed by atoms with Crippen LogP contribution in [0.3, 0.4) is 0 Å². The molecule has 0 bridgehead atoms. The van der Waals surface area contributed by atoms with Crippen LogP contribution in [0.2, 0.25) is 5.02 Å². The highest BCUT2D eigenvalue weighted by Gasteiger charge is 2.11. The van der Waals surface area contributed by atoms with E-state index in [4.69, 9.17) is 25.5 Å². The van der Waals surface area contributed by atoms with E-state index >= 15 is 0 Å². The van der Waals surface area contributed by atoms with Gasteiger partial charge in [0.1, 0.15) is 23.0 Å². The van der Waals surface area contributed by atoms with Crippen LogP contribution in [0.1, 0.15) is 11.5 Å². The standard InChI is InChI=1S/C16H16ClNO4/c1-10-4-5-11(22-10)6-7-16(19)18-13-9-14(20-2)12(17)8-15(13)21-3/h4-9H,1-3H3,(H,18,19)/b7-6-. The number of nitrogens with one attached hydrogen (secondary N) is 1. The molecule has 22 heavy (non-hydrogen) atoms. The number of halogens is 1. The van der Waals surface area contributed by atoms with Gasteiger partial charge in [0, 0.05) is 18.2 Å². The first-order valence-electron chi connectivity index (χ1n) is 6.50. The van der Waals surface area contributed by atoms with E-state index in [1.165, 1.54) is 20.3 Å². The Bertz CT molecular complexity index is 706. The van der Waals surface area contributed by atoms with Crippen molar-refractivity contribution in [2.45, 2.75) is 6.92 Å². The molecule has 1 N–H and O–H groups in total. The molecule has 2 aromatic rings. The van der Waals surface area contributed by atoms with E-state index in [9.17, 15) is 4.79 Å². The number of amides is 1. The second-order valence-corrected chi connectivity index (χ2v) is 4.87. The second kappa shape index (κ2) is 7.04. The Morgan fingerprint density at radius 2 is 1.95 bits per heavy atom. The largest absolute Gasteiger partial charge is 0.495 e. The van der Waals surface area contributed by atoms with Crippen LogP contribution in [-0.4, -0.2) is 20.1 Å². The number of hydrogen-bond acceptors (Lipinski definition) is 4. The number of hydrogen-bond donors (Lipinski definition) is 1. The monoisotopic (exact) mass is 321 g/mol. The summed E-state index contributed by atoms with van der Waals surface area (Å²) in [4.78, 5) is 12.0. The third-order valence-corrected chi connectivity index (χ3v) is 3.19. The number of aryl methyl sites for hydroxylation is 1. The molecule has 0 saturated carbocycles. The minimum atomic E-state index is -0.322. The predicted octanol–water partition coefficient (Wildman–Crippen LogP) is 3.91. The fourth-order valence-electron chi connectivity index (χ4n) is 1.83. The van der Waals surface area contributed by atoms with Crippen molar-refractivity contribution in [3.05, 3.63) is 46.9 Å². The summed E-state index contributed by atoms with van der Waals surface area (Å²) < 4.78 is 15.7. The Morgan fingerprint density at radius 3 is 2.55 bits per heavy atom. The van der Waals surface area contributed by atoms with Crippen LogP contribution in [0.4, 0.5) is 5.69 Å². The van der Waals surface area contributed by atoms with Gasteiger partial charge in [0.2, 0.25) is 5.91 Å². The van der Waals surface area contributed by atoms with Crippen molar-refractivity contribution in [3.8, 4) is 11.5 Å². The van der Waals surface area contributed by atoms with Crippen LogP contribution < -0.4 is 14.8 Å². The molecule has 0 aliphatic heterocycles. The van der Waals surface area contributed by atoms with Crippen molar-refractivity contribution < 1.29 is 18.7 Å². The maximum Gasteiger partial charge on any atom is 0.248 e. The van der Waals surface area contributed by atoms with Gasteiger partial charge in [0.15, 0.2) is 0 Å². The molecular weight excluding hydrogens is 306 g/mol. The third-order valence-electron chi connectivity index (χ3n) is 2.89. The molecule has 0 radical (unpaired) electrons. The van der Waals surface area contributed by atoms with E-state index in [1.54, 1.807) is 24.3 Å². The Hall–Kier alpha value is -2.40. The van der Waals surface area contributed by atoms with Gasteiger partial charge in [0.05, 0.1) is 24.9 Å². The van der Waals surface area contributed by atoms with Crippen molar-refractivity contribution >= 4 is 29.3 Å². The topological polar surface area (TPSA) is 60.7 Å². The molecule has 0 spiro atoms. The Morgan fingerprint density at radius 1 is 1.23 bits per heavy atom. The molecule has 6 heteroatoms. The number of benzene rings is 1. The summed E-state index contributed by atoms with van der Waals surface area (Å²) in [6.07, 6.45) is 2.96. The minimum Gasteiger partial charge on any atom is -0.495 e. The molecule has 0 aliphatic carbocycles. The number of rotatable bonds is 5. The number of anilines is 1. The van der Waals surface area contributed by atoms with E-state index in [0.29, 0.717) is 28.0 Å². The average Bonchev–Trinajstić information content (AvgIpc) is 2.92. The maximum absolute atomic E-state index is 12.0. The lowest BCUT2D eigenvalue weighted by Gasteiger charge is -2.12. The van der Waals surface area contributed by atoms with Crippen molar-refractivity contribution in [2.75, 3.05) is 19.5 Å². The molecule has 0 unspecified atom stereocenters. The quantitative estimate of drug-likeness (QED) is 0.848. The maximum atomic E-state index is 12.0. The summed E-state index contributed by atoms with van der Waals surface area (Å²) in [5.74, 6) is 1.96. The highest BCUT2D eigenvalue weighted by molar-refractivity contribution is 6.32. The van der Waals surface area contributed by atoms with E-state index in [2.05, 4.69) is 5.32 Å². The molecule has 0 saturated heterocycles.